The van der Waals surface area contributed by atoms with Gasteiger partial charge in [0.05, 0.1) is 34.3 Å². The molecule has 42 heavy (non-hydrogen) atoms. The first-order valence-corrected chi connectivity index (χ1v) is 13.6. The number of hydrogen-bond acceptors (Lipinski definition) is 6. The van der Waals surface area contributed by atoms with E-state index < -0.39 is 0 Å². The Hall–Kier alpha value is -5.29. The van der Waals surface area contributed by atoms with E-state index in [1.54, 1.807) is 36.9 Å². The summed E-state index contributed by atoms with van der Waals surface area (Å²) < 4.78 is 3.78. The molecular weight excluding hydrogens is 530 g/mol. The first-order valence-electron chi connectivity index (χ1n) is 13.6. The molecule has 0 atom stereocenters. The van der Waals surface area contributed by atoms with Gasteiger partial charge in [0.15, 0.2) is 5.82 Å². The number of H-pyrrole nitrogens is 1. The highest BCUT2D eigenvalue weighted by molar-refractivity contribution is 6.07. The summed E-state index contributed by atoms with van der Waals surface area (Å²) in [5, 5.41) is 7.82. The highest BCUT2D eigenvalue weighted by atomic mass is 16.2. The SMILES string of the molecule is CN(C)CCCn1cc(NC(=O)c2cc3ccccc3cn2)cc1C(=O)Nc1cc(-c2nc3ccncc3[nH]2)n(C)c1. The third-order valence-corrected chi connectivity index (χ3v) is 7.04. The largest absolute Gasteiger partial charge is 0.346 e. The average Bonchev–Trinajstić information content (AvgIpc) is 3.68. The molecule has 5 aromatic heterocycles. The zero-order valence-electron chi connectivity index (χ0n) is 23.6. The van der Waals surface area contributed by atoms with Gasteiger partial charge in [0.2, 0.25) is 0 Å². The van der Waals surface area contributed by atoms with Crippen molar-refractivity contribution in [2.45, 2.75) is 13.0 Å². The van der Waals surface area contributed by atoms with Crippen LogP contribution in [0.3, 0.4) is 0 Å². The van der Waals surface area contributed by atoms with Crippen molar-refractivity contribution in [2.24, 2.45) is 7.05 Å². The zero-order chi connectivity index (χ0) is 29.2. The van der Waals surface area contributed by atoms with Crippen LogP contribution < -0.4 is 10.6 Å². The molecule has 1 aromatic carbocycles. The Kier molecular flexibility index (Phi) is 7.24. The molecule has 0 spiro atoms. The molecule has 11 nitrogen and oxygen atoms in total. The van der Waals surface area contributed by atoms with Gasteiger partial charge in [-0.25, -0.2) is 4.98 Å². The maximum Gasteiger partial charge on any atom is 0.274 e. The third-order valence-electron chi connectivity index (χ3n) is 7.04. The molecule has 0 aliphatic carbocycles. The Morgan fingerprint density at radius 2 is 1.74 bits per heavy atom. The van der Waals surface area contributed by atoms with Crippen molar-refractivity contribution in [3.05, 3.63) is 90.9 Å². The molecule has 2 amide bonds. The molecule has 0 saturated carbocycles. The van der Waals surface area contributed by atoms with Crippen LogP contribution in [0.15, 0.2) is 79.5 Å². The highest BCUT2D eigenvalue weighted by Gasteiger charge is 2.19. The van der Waals surface area contributed by atoms with Gasteiger partial charge < -0.3 is 29.7 Å². The van der Waals surface area contributed by atoms with Gasteiger partial charge in [0.25, 0.3) is 11.8 Å². The van der Waals surface area contributed by atoms with Gasteiger partial charge in [0.1, 0.15) is 11.4 Å². The number of benzene rings is 1. The Balaban J connectivity index is 1.23. The summed E-state index contributed by atoms with van der Waals surface area (Å²) in [7, 11) is 5.92. The Morgan fingerprint density at radius 3 is 2.55 bits per heavy atom. The van der Waals surface area contributed by atoms with Gasteiger partial charge in [-0.3, -0.25) is 19.6 Å². The van der Waals surface area contributed by atoms with Gasteiger partial charge in [0, 0.05) is 43.8 Å². The first-order chi connectivity index (χ1) is 20.3. The van der Waals surface area contributed by atoms with Crippen molar-refractivity contribution in [1.82, 2.24) is 34.0 Å². The van der Waals surface area contributed by atoms with E-state index in [2.05, 4.69) is 35.5 Å². The highest BCUT2D eigenvalue weighted by Crippen LogP contribution is 2.25. The number of nitrogens with zero attached hydrogens (tertiary/aromatic N) is 6. The van der Waals surface area contributed by atoms with E-state index in [-0.39, 0.29) is 11.8 Å². The molecule has 3 N–H and O–H groups in total. The molecule has 0 aliphatic heterocycles. The molecule has 6 aromatic rings. The predicted molar refractivity (Wildman–Crippen MR) is 164 cm³/mol. The van der Waals surface area contributed by atoms with Crippen molar-refractivity contribution in [3.8, 4) is 11.5 Å². The van der Waals surface area contributed by atoms with E-state index in [4.69, 9.17) is 0 Å². The van der Waals surface area contributed by atoms with E-state index in [1.165, 1.54) is 0 Å². The van der Waals surface area contributed by atoms with E-state index in [1.807, 2.05) is 72.9 Å². The number of imidazole rings is 1. The van der Waals surface area contributed by atoms with Crippen molar-refractivity contribution < 1.29 is 9.59 Å². The summed E-state index contributed by atoms with van der Waals surface area (Å²) in [4.78, 5) is 45.1. The number of hydrogen-bond donors (Lipinski definition) is 3. The van der Waals surface area contributed by atoms with Crippen LogP contribution in [0.5, 0.6) is 0 Å². The van der Waals surface area contributed by atoms with Gasteiger partial charge in [-0.1, -0.05) is 24.3 Å². The number of carbonyl (C=O) groups excluding carboxylic acids is 2. The van der Waals surface area contributed by atoms with Gasteiger partial charge in [-0.2, -0.15) is 0 Å². The molecule has 0 bridgehead atoms. The minimum absolute atomic E-state index is 0.282. The van der Waals surface area contributed by atoms with E-state index in [0.29, 0.717) is 35.1 Å². The van der Waals surface area contributed by atoms with Crippen LogP contribution in [0.2, 0.25) is 0 Å². The molecule has 11 heteroatoms. The molecule has 0 saturated heterocycles. The smallest absolute Gasteiger partial charge is 0.274 e. The molecule has 6 rings (SSSR count). The number of aryl methyl sites for hydroxylation is 2. The average molecular weight is 562 g/mol. The fourth-order valence-corrected chi connectivity index (χ4v) is 4.96. The normalized spacial score (nSPS) is 11.4. The second kappa shape index (κ2) is 11.3. The summed E-state index contributed by atoms with van der Waals surface area (Å²) >= 11 is 0. The number of aromatic amines is 1. The first kappa shape index (κ1) is 26.9. The molecule has 212 valence electrons. The minimum atomic E-state index is -0.341. The predicted octanol–water partition coefficient (Wildman–Crippen LogP) is 4.77. The molecule has 0 fully saturated rings. The number of anilines is 2. The quantitative estimate of drug-likeness (QED) is 0.234. The number of rotatable bonds is 9. The number of fused-ring (bicyclic) bond motifs is 2. The third kappa shape index (κ3) is 5.63. The second-order valence-corrected chi connectivity index (χ2v) is 10.5. The monoisotopic (exact) mass is 561 g/mol. The van der Waals surface area contributed by atoms with Gasteiger partial charge in [-0.05, 0) is 56.7 Å². The fourth-order valence-electron chi connectivity index (χ4n) is 4.96. The van der Waals surface area contributed by atoms with Crippen LogP contribution in [0.25, 0.3) is 33.3 Å². The molecule has 5 heterocycles. The summed E-state index contributed by atoms with van der Waals surface area (Å²) in [5.74, 6) is 0.0578. The van der Waals surface area contributed by atoms with Crippen molar-refractivity contribution in [3.63, 3.8) is 0 Å². The lowest BCUT2D eigenvalue weighted by Crippen LogP contribution is -2.19. The fraction of sp³-hybridized carbons (Fsp3) is 0.194. The minimum Gasteiger partial charge on any atom is -0.346 e. The number of carbonyl (C=O) groups is 2. The van der Waals surface area contributed by atoms with Crippen molar-refractivity contribution in [1.29, 1.82) is 0 Å². The zero-order valence-corrected chi connectivity index (χ0v) is 23.6. The summed E-state index contributed by atoms with van der Waals surface area (Å²) in [6.45, 7) is 1.47. The Labute approximate surface area is 242 Å². The lowest BCUT2D eigenvalue weighted by molar-refractivity contribution is 0.101. The maximum atomic E-state index is 13.5. The second-order valence-electron chi connectivity index (χ2n) is 10.5. The number of nitrogens with one attached hydrogen (secondary N) is 3. The lowest BCUT2D eigenvalue weighted by atomic mass is 10.1. The number of pyridine rings is 2. The van der Waals surface area contributed by atoms with Crippen LogP contribution in [-0.2, 0) is 13.6 Å². The molecular formula is C31H31N9O2. The van der Waals surface area contributed by atoms with Crippen LogP contribution in [0.1, 0.15) is 27.4 Å². The summed E-state index contributed by atoms with van der Waals surface area (Å²) in [5.41, 5.74) is 4.37. The van der Waals surface area contributed by atoms with Gasteiger partial charge >= 0.3 is 0 Å². The molecule has 0 unspecified atom stereocenters. The van der Waals surface area contributed by atoms with Crippen LogP contribution in [0.4, 0.5) is 11.4 Å². The van der Waals surface area contributed by atoms with Crippen LogP contribution in [0, 0.1) is 0 Å². The standard InChI is InChI=1S/C31H31N9O2/c1-38(2)11-6-12-40-19-23(34-30(41)25-13-20-7-4-5-8-21(20)16-33-25)15-28(40)31(42)35-22-14-27(39(3)18-22)29-36-24-9-10-32-17-26(24)37-29/h4-5,7-10,13-19H,6,11-12H2,1-3H3,(H,34,41)(H,35,42)(H,36,37). The molecule has 0 radical (unpaired) electrons. The van der Waals surface area contributed by atoms with E-state index in [9.17, 15) is 9.59 Å². The van der Waals surface area contributed by atoms with Crippen molar-refractivity contribution >= 4 is 45.0 Å². The van der Waals surface area contributed by atoms with E-state index in [0.717, 1.165) is 40.5 Å². The summed E-state index contributed by atoms with van der Waals surface area (Å²) in [6, 6.07) is 14.9. The van der Waals surface area contributed by atoms with E-state index >= 15 is 0 Å². The van der Waals surface area contributed by atoms with Crippen LogP contribution >= 0.6 is 0 Å². The van der Waals surface area contributed by atoms with Crippen LogP contribution in [-0.4, -0.2) is 66.4 Å². The Bertz CT molecular complexity index is 1880. The number of aromatic nitrogens is 6. The maximum absolute atomic E-state index is 13.5. The lowest BCUT2D eigenvalue weighted by Gasteiger charge is -2.12. The van der Waals surface area contributed by atoms with Crippen molar-refractivity contribution in [2.75, 3.05) is 31.3 Å². The molecule has 0 aliphatic rings. The topological polar surface area (TPSA) is 126 Å². The van der Waals surface area contributed by atoms with Gasteiger partial charge in [-0.15, -0.1) is 0 Å². The summed E-state index contributed by atoms with van der Waals surface area (Å²) in [6.07, 6.45) is 9.58. The number of amides is 2. The Morgan fingerprint density at radius 1 is 0.952 bits per heavy atom.